The zero-order valence-electron chi connectivity index (χ0n) is 14.8. The maximum absolute atomic E-state index is 12.6. The van der Waals surface area contributed by atoms with E-state index >= 15 is 0 Å². The number of sulfonamides is 1. The number of nitrogens with zero attached hydrogens (tertiary/aromatic N) is 1. The van der Waals surface area contributed by atoms with Crippen molar-refractivity contribution < 1.29 is 13.2 Å². The Labute approximate surface area is 144 Å². The summed E-state index contributed by atoms with van der Waals surface area (Å²) >= 11 is 0. The lowest BCUT2D eigenvalue weighted by Gasteiger charge is -2.20. The monoisotopic (exact) mass is 356 g/mol. The summed E-state index contributed by atoms with van der Waals surface area (Å²) in [4.78, 5) is 12.2. The first-order valence-corrected chi connectivity index (χ1v) is 9.61. The molecule has 0 radical (unpaired) electrons. The molecule has 136 valence electrons. The quantitative estimate of drug-likeness (QED) is 0.555. The Morgan fingerprint density at radius 3 is 2.33 bits per heavy atom. The van der Waals surface area contributed by atoms with Crippen molar-refractivity contribution in [3.05, 3.63) is 18.2 Å². The van der Waals surface area contributed by atoms with Crippen LogP contribution in [0.15, 0.2) is 23.1 Å². The highest BCUT2D eigenvalue weighted by Crippen LogP contribution is 2.27. The molecule has 24 heavy (non-hydrogen) atoms. The van der Waals surface area contributed by atoms with Gasteiger partial charge in [0.25, 0.3) is 0 Å². The molecule has 0 atom stereocenters. The van der Waals surface area contributed by atoms with Crippen molar-refractivity contribution >= 4 is 27.3 Å². The van der Waals surface area contributed by atoms with Crippen LogP contribution >= 0.6 is 0 Å². The first kappa shape index (κ1) is 20.4. The van der Waals surface area contributed by atoms with E-state index in [1.165, 1.54) is 10.4 Å². The number of carbonyl (C=O) groups is 1. The van der Waals surface area contributed by atoms with Crippen LogP contribution in [-0.4, -0.2) is 52.4 Å². The van der Waals surface area contributed by atoms with Gasteiger partial charge in [-0.05, 0) is 38.2 Å². The van der Waals surface area contributed by atoms with E-state index in [0.717, 1.165) is 6.54 Å². The predicted octanol–water partition coefficient (Wildman–Crippen LogP) is 1.70. The van der Waals surface area contributed by atoms with Crippen molar-refractivity contribution in [2.24, 2.45) is 0 Å². The number of rotatable bonds is 10. The lowest BCUT2D eigenvalue weighted by molar-refractivity contribution is -0.116. The summed E-state index contributed by atoms with van der Waals surface area (Å²) in [6, 6.07) is 4.73. The van der Waals surface area contributed by atoms with Gasteiger partial charge in [0.2, 0.25) is 15.9 Å². The van der Waals surface area contributed by atoms with E-state index in [2.05, 4.69) is 16.0 Å². The van der Waals surface area contributed by atoms with Gasteiger partial charge in [-0.1, -0.05) is 13.8 Å². The summed E-state index contributed by atoms with van der Waals surface area (Å²) in [6.07, 6.45) is 1.09. The third kappa shape index (κ3) is 5.19. The van der Waals surface area contributed by atoms with Crippen LogP contribution in [0, 0.1) is 0 Å². The molecule has 1 amide bonds. The highest BCUT2D eigenvalue weighted by Gasteiger charge is 2.22. The number of benzene rings is 1. The van der Waals surface area contributed by atoms with E-state index in [1.807, 2.05) is 7.05 Å². The molecule has 0 bridgehead atoms. The standard InChI is InChI=1S/C16H28N4O3S/c1-5-20(6-2)24(22,23)13-9-10-14(18-4)15(12-13)19-16(21)8-7-11-17-3/h9-10,12,17-18H,5-8,11H2,1-4H3,(H,19,21). The predicted molar refractivity (Wildman–Crippen MR) is 97.9 cm³/mol. The first-order chi connectivity index (χ1) is 11.4. The van der Waals surface area contributed by atoms with Crippen LogP contribution < -0.4 is 16.0 Å². The molecule has 0 aliphatic carbocycles. The van der Waals surface area contributed by atoms with Gasteiger partial charge in [-0.25, -0.2) is 8.42 Å². The summed E-state index contributed by atoms with van der Waals surface area (Å²) in [5, 5.41) is 8.75. The molecule has 0 heterocycles. The highest BCUT2D eigenvalue weighted by molar-refractivity contribution is 7.89. The molecule has 0 spiro atoms. The van der Waals surface area contributed by atoms with Gasteiger partial charge in [0.15, 0.2) is 0 Å². The molecule has 0 fully saturated rings. The molecule has 8 heteroatoms. The summed E-state index contributed by atoms with van der Waals surface area (Å²) in [7, 11) is -0.00247. The van der Waals surface area contributed by atoms with Crippen LogP contribution in [-0.2, 0) is 14.8 Å². The zero-order chi connectivity index (χ0) is 18.2. The Morgan fingerprint density at radius 1 is 1.12 bits per heavy atom. The molecule has 1 rings (SSSR count). The Bertz CT molecular complexity index is 643. The molecule has 1 aromatic rings. The van der Waals surface area contributed by atoms with Crippen molar-refractivity contribution in [3.8, 4) is 0 Å². The first-order valence-electron chi connectivity index (χ1n) is 8.17. The van der Waals surface area contributed by atoms with Gasteiger partial charge in [0.1, 0.15) is 0 Å². The van der Waals surface area contributed by atoms with Gasteiger partial charge in [-0.3, -0.25) is 4.79 Å². The second kappa shape index (κ2) is 9.61. The van der Waals surface area contributed by atoms with E-state index in [1.54, 1.807) is 33.0 Å². The van der Waals surface area contributed by atoms with Crippen LogP contribution in [0.3, 0.4) is 0 Å². The summed E-state index contributed by atoms with van der Waals surface area (Å²) < 4.78 is 26.6. The van der Waals surface area contributed by atoms with Gasteiger partial charge in [0.05, 0.1) is 16.3 Å². The van der Waals surface area contributed by atoms with Gasteiger partial charge >= 0.3 is 0 Å². The van der Waals surface area contributed by atoms with Gasteiger partial charge < -0.3 is 16.0 Å². The fourth-order valence-electron chi connectivity index (χ4n) is 2.36. The summed E-state index contributed by atoms with van der Waals surface area (Å²) in [5.74, 6) is -0.140. The molecule has 0 unspecified atom stereocenters. The molecule has 0 aromatic heterocycles. The van der Waals surface area contributed by atoms with E-state index in [0.29, 0.717) is 37.3 Å². The van der Waals surface area contributed by atoms with E-state index < -0.39 is 10.0 Å². The number of hydrogen-bond acceptors (Lipinski definition) is 5. The van der Waals surface area contributed by atoms with Crippen LogP contribution in [0.2, 0.25) is 0 Å². The topological polar surface area (TPSA) is 90.5 Å². The second-order valence-electron chi connectivity index (χ2n) is 5.30. The summed E-state index contributed by atoms with van der Waals surface area (Å²) in [5.41, 5.74) is 1.15. The SMILES string of the molecule is CCN(CC)S(=O)(=O)c1ccc(NC)c(NC(=O)CCCNC)c1. The average Bonchev–Trinajstić information content (AvgIpc) is 2.55. The Balaban J connectivity index is 3.06. The molecule has 0 aliphatic heterocycles. The fraction of sp³-hybridized carbons (Fsp3) is 0.562. The minimum Gasteiger partial charge on any atom is -0.386 e. The van der Waals surface area contributed by atoms with Crippen molar-refractivity contribution in [3.63, 3.8) is 0 Å². The Hall–Kier alpha value is -1.64. The molecule has 0 saturated carbocycles. The minimum atomic E-state index is -3.56. The molecule has 7 nitrogen and oxygen atoms in total. The maximum atomic E-state index is 12.6. The fourth-order valence-corrected chi connectivity index (χ4v) is 3.84. The van der Waals surface area contributed by atoms with Crippen LogP contribution in [0.5, 0.6) is 0 Å². The second-order valence-corrected chi connectivity index (χ2v) is 7.24. The number of hydrogen-bond donors (Lipinski definition) is 3. The maximum Gasteiger partial charge on any atom is 0.243 e. The lowest BCUT2D eigenvalue weighted by atomic mass is 10.2. The molecule has 0 saturated heterocycles. The van der Waals surface area contributed by atoms with Gasteiger partial charge in [0, 0.05) is 26.6 Å². The van der Waals surface area contributed by atoms with Crippen LogP contribution in [0.25, 0.3) is 0 Å². The Kier molecular flexibility index (Phi) is 8.17. The molecule has 3 N–H and O–H groups in total. The minimum absolute atomic E-state index is 0.140. The van der Waals surface area contributed by atoms with Crippen LogP contribution in [0.1, 0.15) is 26.7 Å². The molecule has 1 aromatic carbocycles. The smallest absolute Gasteiger partial charge is 0.243 e. The number of nitrogens with one attached hydrogen (secondary N) is 3. The number of amides is 1. The van der Waals surface area contributed by atoms with E-state index in [9.17, 15) is 13.2 Å². The van der Waals surface area contributed by atoms with Crippen molar-refractivity contribution in [1.29, 1.82) is 0 Å². The van der Waals surface area contributed by atoms with Crippen LogP contribution in [0.4, 0.5) is 11.4 Å². The molecular weight excluding hydrogens is 328 g/mol. The largest absolute Gasteiger partial charge is 0.386 e. The normalized spacial score (nSPS) is 11.5. The third-order valence-corrected chi connectivity index (χ3v) is 5.75. The highest BCUT2D eigenvalue weighted by atomic mass is 32.2. The van der Waals surface area contributed by atoms with Crippen molar-refractivity contribution in [1.82, 2.24) is 9.62 Å². The van der Waals surface area contributed by atoms with Crippen molar-refractivity contribution in [2.45, 2.75) is 31.6 Å². The van der Waals surface area contributed by atoms with Gasteiger partial charge in [-0.2, -0.15) is 4.31 Å². The third-order valence-electron chi connectivity index (χ3n) is 3.71. The summed E-state index contributed by atoms with van der Waals surface area (Å²) in [6.45, 7) is 5.15. The van der Waals surface area contributed by atoms with E-state index in [4.69, 9.17) is 0 Å². The number of carbonyl (C=O) groups excluding carboxylic acids is 1. The molecule has 0 aliphatic rings. The Morgan fingerprint density at radius 2 is 1.79 bits per heavy atom. The zero-order valence-corrected chi connectivity index (χ0v) is 15.7. The lowest BCUT2D eigenvalue weighted by Crippen LogP contribution is -2.30. The number of anilines is 2. The van der Waals surface area contributed by atoms with Crippen molar-refractivity contribution in [2.75, 3.05) is 44.4 Å². The average molecular weight is 356 g/mol. The van der Waals surface area contributed by atoms with E-state index in [-0.39, 0.29) is 10.8 Å². The molecular formula is C16H28N4O3S. The van der Waals surface area contributed by atoms with Gasteiger partial charge in [-0.15, -0.1) is 0 Å².